The second-order valence-corrected chi connectivity index (χ2v) is 16.3. The van der Waals surface area contributed by atoms with Crippen LogP contribution in [0.5, 0.6) is 0 Å². The molecule has 0 aromatic heterocycles. The highest BCUT2D eigenvalue weighted by atomic mass is 79.9. The summed E-state index contributed by atoms with van der Waals surface area (Å²) in [4.78, 5) is 0. The Hall–Kier alpha value is -2.15. The predicted molar refractivity (Wildman–Crippen MR) is 197 cm³/mol. The van der Waals surface area contributed by atoms with Crippen LogP contribution in [0.15, 0.2) is 40.9 Å². The molecule has 0 spiro atoms. The summed E-state index contributed by atoms with van der Waals surface area (Å²) in [5.41, 5.74) is 2.61. The highest BCUT2D eigenvalue weighted by molar-refractivity contribution is 9.10. The molecule has 3 saturated heterocycles. The Bertz CT molecular complexity index is 1470. The number of aryl methyl sites for hydroxylation is 2. The summed E-state index contributed by atoms with van der Waals surface area (Å²) in [6, 6.07) is 15.6. The molecule has 3 fully saturated rings. The summed E-state index contributed by atoms with van der Waals surface area (Å²) in [5, 5.41) is 17.6. The molecule has 258 valence electrons. The van der Waals surface area contributed by atoms with Crippen molar-refractivity contribution in [1.82, 2.24) is 0 Å². The minimum absolute atomic E-state index is 0.337. The standard InChI is InChI=1S/C15H20BNO2.C12H24B2O4.C9H8BrN/c1-6-12-9-11(10-17)7-8-13(12)16-18-14(2,3)15(4,5)19-16;1-9(2)10(3,4)16-13(15-9)14-17-11(5,6)12(7,8)18-14;1-2-8-5-7(6-11)3-4-9(8)10/h7-9H,6H2,1-5H3;1-8H3;3-5H,2H2,1H3. The maximum absolute atomic E-state index is 8.97. The fourth-order valence-corrected chi connectivity index (χ4v) is 5.62. The zero-order chi connectivity index (χ0) is 36.5. The topological polar surface area (TPSA) is 103 Å². The van der Waals surface area contributed by atoms with Gasteiger partial charge in [0.2, 0.25) is 0 Å². The Labute approximate surface area is 298 Å². The summed E-state index contributed by atoms with van der Waals surface area (Å²) in [5.74, 6) is 0. The van der Waals surface area contributed by atoms with Gasteiger partial charge in [-0.2, -0.15) is 10.5 Å². The maximum Gasteiger partial charge on any atom is 0.495 e. The Morgan fingerprint density at radius 1 is 0.542 bits per heavy atom. The largest absolute Gasteiger partial charge is 0.495 e. The monoisotopic (exact) mass is 720 g/mol. The van der Waals surface area contributed by atoms with E-state index in [4.69, 9.17) is 38.4 Å². The van der Waals surface area contributed by atoms with E-state index >= 15 is 0 Å². The zero-order valence-corrected chi connectivity index (χ0v) is 32.9. The average Bonchev–Trinajstić information content (AvgIpc) is 3.46. The summed E-state index contributed by atoms with van der Waals surface area (Å²) < 4.78 is 37.1. The van der Waals surface area contributed by atoms with E-state index in [1.165, 1.54) is 5.56 Å². The average molecular weight is 721 g/mol. The number of rotatable bonds is 4. The van der Waals surface area contributed by atoms with Crippen molar-refractivity contribution in [3.63, 3.8) is 0 Å². The van der Waals surface area contributed by atoms with Crippen molar-refractivity contribution in [3.8, 4) is 12.1 Å². The summed E-state index contributed by atoms with van der Waals surface area (Å²) in [6.45, 7) is 28.5. The highest BCUT2D eigenvalue weighted by Crippen LogP contribution is 2.43. The molecule has 0 unspecified atom stereocenters. The number of halogens is 1. The molecule has 0 aliphatic carbocycles. The van der Waals surface area contributed by atoms with Gasteiger partial charge in [0.15, 0.2) is 0 Å². The van der Waals surface area contributed by atoms with E-state index in [2.05, 4.69) is 41.9 Å². The van der Waals surface area contributed by atoms with Crippen molar-refractivity contribution in [2.24, 2.45) is 0 Å². The van der Waals surface area contributed by atoms with Crippen LogP contribution >= 0.6 is 15.9 Å². The lowest BCUT2D eigenvalue weighted by atomic mass is 9.49. The molecule has 0 N–H and O–H groups in total. The van der Waals surface area contributed by atoms with E-state index in [0.29, 0.717) is 5.56 Å². The minimum atomic E-state index is -0.476. The summed E-state index contributed by atoms with van der Waals surface area (Å²) in [7, 11) is -1.31. The smallest absolute Gasteiger partial charge is 0.405 e. The van der Waals surface area contributed by atoms with Crippen LogP contribution in [0.2, 0.25) is 0 Å². The van der Waals surface area contributed by atoms with Crippen LogP contribution in [-0.4, -0.2) is 54.7 Å². The van der Waals surface area contributed by atoms with Gasteiger partial charge in [-0.1, -0.05) is 35.8 Å². The predicted octanol–water partition coefficient (Wildman–Crippen LogP) is 7.55. The van der Waals surface area contributed by atoms with Crippen LogP contribution in [0.3, 0.4) is 0 Å². The van der Waals surface area contributed by atoms with E-state index in [-0.39, 0.29) is 40.7 Å². The summed E-state index contributed by atoms with van der Waals surface area (Å²) in [6.07, 6.45) is 1.81. The van der Waals surface area contributed by atoms with Crippen molar-refractivity contribution in [2.75, 3.05) is 0 Å². The van der Waals surface area contributed by atoms with Crippen molar-refractivity contribution in [2.45, 2.75) is 143 Å². The van der Waals surface area contributed by atoms with Crippen LogP contribution in [-0.2, 0) is 40.8 Å². The maximum atomic E-state index is 8.97. The van der Waals surface area contributed by atoms with Gasteiger partial charge in [0.05, 0.1) is 56.9 Å². The second-order valence-electron chi connectivity index (χ2n) is 15.5. The molecule has 0 radical (unpaired) electrons. The third-order valence-corrected chi connectivity index (χ3v) is 11.3. The molecule has 48 heavy (non-hydrogen) atoms. The van der Waals surface area contributed by atoms with E-state index in [0.717, 1.165) is 33.9 Å². The number of nitrogens with zero attached hydrogens (tertiary/aromatic N) is 2. The van der Waals surface area contributed by atoms with Gasteiger partial charge in [0, 0.05) is 4.47 Å². The molecule has 0 atom stereocenters. The molecule has 2 aromatic carbocycles. The van der Waals surface area contributed by atoms with Gasteiger partial charge in [-0.3, -0.25) is 0 Å². The zero-order valence-electron chi connectivity index (χ0n) is 31.3. The number of benzene rings is 2. The van der Waals surface area contributed by atoms with E-state index in [1.807, 2.05) is 119 Å². The fourth-order valence-electron chi connectivity index (χ4n) is 5.10. The first-order chi connectivity index (χ1) is 22.0. The van der Waals surface area contributed by atoms with Crippen molar-refractivity contribution < 1.29 is 27.9 Å². The van der Waals surface area contributed by atoms with Gasteiger partial charge in [-0.15, -0.1) is 0 Å². The first-order valence-corrected chi connectivity index (χ1v) is 17.5. The van der Waals surface area contributed by atoms with Crippen LogP contribution in [0.25, 0.3) is 0 Å². The molecule has 3 aliphatic rings. The van der Waals surface area contributed by atoms with Gasteiger partial charge in [-0.05, 0) is 143 Å². The molecule has 5 rings (SSSR count). The Morgan fingerprint density at radius 2 is 0.875 bits per heavy atom. The molecule has 2 aromatic rings. The third-order valence-electron chi connectivity index (χ3n) is 10.5. The van der Waals surface area contributed by atoms with Gasteiger partial charge in [0.25, 0.3) is 0 Å². The van der Waals surface area contributed by atoms with Crippen molar-refractivity contribution >= 4 is 42.5 Å². The molecule has 3 aliphatic heterocycles. The van der Waals surface area contributed by atoms with Crippen LogP contribution < -0.4 is 5.46 Å². The lowest BCUT2D eigenvalue weighted by Gasteiger charge is -2.32. The molecule has 0 bridgehead atoms. The van der Waals surface area contributed by atoms with E-state index in [9.17, 15) is 0 Å². The number of hydrogen-bond donors (Lipinski definition) is 0. The van der Waals surface area contributed by atoms with Gasteiger partial charge in [-0.25, -0.2) is 0 Å². The van der Waals surface area contributed by atoms with Gasteiger partial charge < -0.3 is 27.9 Å². The second kappa shape index (κ2) is 14.6. The van der Waals surface area contributed by atoms with Crippen LogP contribution in [0.4, 0.5) is 0 Å². The van der Waals surface area contributed by atoms with Crippen LogP contribution in [0, 0.1) is 22.7 Å². The van der Waals surface area contributed by atoms with E-state index < -0.39 is 14.0 Å². The molecule has 3 heterocycles. The first-order valence-electron chi connectivity index (χ1n) is 16.7. The quantitative estimate of drug-likeness (QED) is 0.299. The third kappa shape index (κ3) is 8.59. The van der Waals surface area contributed by atoms with Gasteiger partial charge in [0.1, 0.15) is 0 Å². The normalized spacial score (nSPS) is 22.1. The van der Waals surface area contributed by atoms with Gasteiger partial charge >= 0.3 is 21.1 Å². The summed E-state index contributed by atoms with van der Waals surface area (Å²) >= 11 is 3.41. The first kappa shape index (κ1) is 40.3. The molecule has 8 nitrogen and oxygen atoms in total. The Morgan fingerprint density at radius 3 is 1.23 bits per heavy atom. The Kier molecular flexibility index (Phi) is 12.3. The van der Waals surface area contributed by atoms with E-state index in [1.54, 1.807) is 0 Å². The van der Waals surface area contributed by atoms with Crippen molar-refractivity contribution in [1.29, 1.82) is 10.5 Å². The SMILES string of the molecule is CC1(C)OB(B2OC(C)(C)C(C)(C)O2)OC1(C)C.CCc1cc(C#N)ccc1B1OC(C)(C)C(C)(C)O1.CCc1cc(C#N)ccc1Br. The molecular formula is C36H52B3BrN2O6. The minimum Gasteiger partial charge on any atom is -0.405 e. The van der Waals surface area contributed by atoms with Crippen LogP contribution in [0.1, 0.15) is 119 Å². The lowest BCUT2D eigenvalue weighted by molar-refractivity contribution is 0.00578. The molecule has 0 saturated carbocycles. The molecular weight excluding hydrogens is 669 g/mol. The molecule has 0 amide bonds. The van der Waals surface area contributed by atoms with Crippen molar-refractivity contribution in [3.05, 3.63) is 63.1 Å². The Balaban J connectivity index is 0.000000203. The number of nitriles is 2. The molecule has 12 heteroatoms. The highest BCUT2D eigenvalue weighted by Gasteiger charge is 2.63. The lowest BCUT2D eigenvalue weighted by Crippen LogP contribution is -2.41. The number of hydrogen-bond acceptors (Lipinski definition) is 8. The fraction of sp³-hybridized carbons (Fsp3) is 0.611.